The maximum atomic E-state index is 12.5. The van der Waals surface area contributed by atoms with Gasteiger partial charge in [-0.2, -0.15) is 4.99 Å². The van der Waals surface area contributed by atoms with Crippen LogP contribution in [-0.4, -0.2) is 23.7 Å². The zero-order valence-electron chi connectivity index (χ0n) is 14.9. The minimum Gasteiger partial charge on any atom is -0.380 e. The second-order valence-corrected chi connectivity index (χ2v) is 7.46. The van der Waals surface area contributed by atoms with Gasteiger partial charge in [-0.3, -0.25) is 4.79 Å². The molecule has 0 bridgehead atoms. The van der Waals surface area contributed by atoms with E-state index in [0.29, 0.717) is 36.0 Å². The Morgan fingerprint density at radius 3 is 2.88 bits per heavy atom. The molecule has 0 saturated carbocycles. The monoisotopic (exact) mass is 388 g/mol. The molecule has 0 spiro atoms. The van der Waals surface area contributed by atoms with E-state index in [9.17, 15) is 4.79 Å². The standard InChI is InChI=1S/C20H21ClN2O2S/c1-3-25-10-9-23-17-8-7-16(21)13-18(17)26-20(23)22-19(24)12-15-6-4-5-14(2)11-15/h4-8,11,13H,3,9-10,12H2,1-2H3. The van der Waals surface area contributed by atoms with E-state index in [1.807, 2.05) is 60.9 Å². The lowest BCUT2D eigenvalue weighted by molar-refractivity contribution is -0.117. The van der Waals surface area contributed by atoms with Gasteiger partial charge in [0.1, 0.15) is 0 Å². The van der Waals surface area contributed by atoms with Crippen molar-refractivity contribution in [3.8, 4) is 0 Å². The predicted molar refractivity (Wildman–Crippen MR) is 107 cm³/mol. The Kier molecular flexibility index (Phi) is 6.25. The molecule has 3 aromatic rings. The van der Waals surface area contributed by atoms with Gasteiger partial charge in [0.25, 0.3) is 5.91 Å². The number of fused-ring (bicyclic) bond motifs is 1. The highest BCUT2D eigenvalue weighted by Crippen LogP contribution is 2.22. The highest BCUT2D eigenvalue weighted by atomic mass is 35.5. The lowest BCUT2D eigenvalue weighted by Crippen LogP contribution is -2.20. The first-order valence-corrected chi connectivity index (χ1v) is 9.76. The van der Waals surface area contributed by atoms with Crippen LogP contribution in [0.15, 0.2) is 47.5 Å². The first-order valence-electron chi connectivity index (χ1n) is 8.56. The van der Waals surface area contributed by atoms with E-state index >= 15 is 0 Å². The molecule has 0 aliphatic rings. The second-order valence-electron chi connectivity index (χ2n) is 6.02. The van der Waals surface area contributed by atoms with Crippen molar-refractivity contribution < 1.29 is 9.53 Å². The highest BCUT2D eigenvalue weighted by molar-refractivity contribution is 7.16. The molecular formula is C20H21ClN2O2S. The minimum absolute atomic E-state index is 0.154. The Hall–Kier alpha value is -1.95. The summed E-state index contributed by atoms with van der Waals surface area (Å²) in [7, 11) is 0. The summed E-state index contributed by atoms with van der Waals surface area (Å²) in [6.45, 7) is 5.86. The number of aromatic nitrogens is 1. The zero-order valence-corrected chi connectivity index (χ0v) is 16.4. The molecule has 0 atom stereocenters. The number of rotatable bonds is 6. The third-order valence-corrected chi connectivity index (χ3v) is 5.24. The third kappa shape index (κ3) is 4.61. The predicted octanol–water partition coefficient (Wildman–Crippen LogP) is 4.37. The number of hydrogen-bond acceptors (Lipinski definition) is 3. The summed E-state index contributed by atoms with van der Waals surface area (Å²) in [5.74, 6) is -0.154. The summed E-state index contributed by atoms with van der Waals surface area (Å²) in [6, 6.07) is 13.7. The Balaban J connectivity index is 1.94. The fourth-order valence-corrected chi connectivity index (χ4v) is 4.14. The molecule has 0 unspecified atom stereocenters. The van der Waals surface area contributed by atoms with Crippen LogP contribution in [0.3, 0.4) is 0 Å². The molecule has 1 heterocycles. The number of halogens is 1. The number of nitrogens with zero attached hydrogens (tertiary/aromatic N) is 2. The van der Waals surface area contributed by atoms with Gasteiger partial charge in [-0.15, -0.1) is 0 Å². The van der Waals surface area contributed by atoms with Gasteiger partial charge in [0, 0.05) is 18.2 Å². The fraction of sp³-hybridized carbons (Fsp3) is 0.300. The summed E-state index contributed by atoms with van der Waals surface area (Å²) >= 11 is 7.58. The van der Waals surface area contributed by atoms with Gasteiger partial charge in [0.05, 0.1) is 23.2 Å². The highest BCUT2D eigenvalue weighted by Gasteiger charge is 2.09. The maximum absolute atomic E-state index is 12.5. The van der Waals surface area contributed by atoms with Gasteiger partial charge in [0.2, 0.25) is 0 Å². The molecule has 0 radical (unpaired) electrons. The van der Waals surface area contributed by atoms with Crippen molar-refractivity contribution >= 4 is 39.1 Å². The fourth-order valence-electron chi connectivity index (χ4n) is 2.79. The van der Waals surface area contributed by atoms with Crippen molar-refractivity contribution in [2.45, 2.75) is 26.8 Å². The molecule has 0 saturated heterocycles. The van der Waals surface area contributed by atoms with E-state index in [2.05, 4.69) is 4.99 Å². The molecule has 26 heavy (non-hydrogen) atoms. The topological polar surface area (TPSA) is 43.6 Å². The van der Waals surface area contributed by atoms with Crippen LogP contribution in [0.1, 0.15) is 18.1 Å². The average molecular weight is 389 g/mol. The van der Waals surface area contributed by atoms with Crippen molar-refractivity contribution in [2.75, 3.05) is 13.2 Å². The van der Waals surface area contributed by atoms with Crippen LogP contribution >= 0.6 is 22.9 Å². The van der Waals surface area contributed by atoms with Gasteiger partial charge in [-0.1, -0.05) is 52.8 Å². The van der Waals surface area contributed by atoms with Crippen molar-refractivity contribution in [3.05, 3.63) is 63.4 Å². The van der Waals surface area contributed by atoms with Crippen LogP contribution < -0.4 is 4.80 Å². The number of thiazole rings is 1. The van der Waals surface area contributed by atoms with E-state index in [0.717, 1.165) is 21.3 Å². The van der Waals surface area contributed by atoms with Crippen LogP contribution in [-0.2, 0) is 22.5 Å². The molecular weight excluding hydrogens is 368 g/mol. The molecule has 1 aromatic heterocycles. The van der Waals surface area contributed by atoms with Crippen molar-refractivity contribution in [1.82, 2.24) is 4.57 Å². The molecule has 136 valence electrons. The molecule has 0 fully saturated rings. The Labute approximate surface area is 161 Å². The molecule has 3 rings (SSSR count). The van der Waals surface area contributed by atoms with Crippen LogP contribution in [0.5, 0.6) is 0 Å². The van der Waals surface area contributed by atoms with Gasteiger partial charge < -0.3 is 9.30 Å². The summed E-state index contributed by atoms with van der Waals surface area (Å²) in [6.07, 6.45) is 0.294. The van der Waals surface area contributed by atoms with Crippen LogP contribution in [0.4, 0.5) is 0 Å². The van der Waals surface area contributed by atoms with E-state index in [-0.39, 0.29) is 5.91 Å². The van der Waals surface area contributed by atoms with Crippen molar-refractivity contribution in [1.29, 1.82) is 0 Å². The molecule has 1 amide bonds. The average Bonchev–Trinajstić information content (AvgIpc) is 2.91. The van der Waals surface area contributed by atoms with Gasteiger partial charge in [-0.25, -0.2) is 0 Å². The third-order valence-electron chi connectivity index (χ3n) is 3.97. The number of hydrogen-bond donors (Lipinski definition) is 0. The number of amides is 1. The van der Waals surface area contributed by atoms with Crippen LogP contribution in [0.2, 0.25) is 5.02 Å². The molecule has 6 heteroatoms. The zero-order chi connectivity index (χ0) is 18.5. The van der Waals surface area contributed by atoms with Gasteiger partial charge >= 0.3 is 0 Å². The smallest absolute Gasteiger partial charge is 0.252 e. The summed E-state index contributed by atoms with van der Waals surface area (Å²) in [5.41, 5.74) is 3.13. The molecule has 4 nitrogen and oxygen atoms in total. The molecule has 0 aliphatic heterocycles. The van der Waals surface area contributed by atoms with Crippen molar-refractivity contribution in [2.24, 2.45) is 4.99 Å². The Morgan fingerprint density at radius 2 is 2.12 bits per heavy atom. The molecule has 0 N–H and O–H groups in total. The normalized spacial score (nSPS) is 12.0. The van der Waals surface area contributed by atoms with E-state index < -0.39 is 0 Å². The van der Waals surface area contributed by atoms with E-state index in [1.54, 1.807) is 0 Å². The lowest BCUT2D eigenvalue weighted by Gasteiger charge is -2.05. The minimum atomic E-state index is -0.154. The second kappa shape index (κ2) is 8.62. The Bertz CT molecular complexity index is 991. The summed E-state index contributed by atoms with van der Waals surface area (Å²) in [5, 5.41) is 0.674. The van der Waals surface area contributed by atoms with E-state index in [1.165, 1.54) is 11.3 Å². The molecule has 0 aliphatic carbocycles. The lowest BCUT2D eigenvalue weighted by atomic mass is 10.1. The molecule has 2 aromatic carbocycles. The number of carbonyl (C=O) groups excluding carboxylic acids is 1. The van der Waals surface area contributed by atoms with Gasteiger partial charge in [-0.05, 0) is 37.6 Å². The quantitative estimate of drug-likeness (QED) is 0.588. The van der Waals surface area contributed by atoms with E-state index in [4.69, 9.17) is 16.3 Å². The SMILES string of the molecule is CCOCCn1c(=NC(=O)Cc2cccc(C)c2)sc2cc(Cl)ccc21. The largest absolute Gasteiger partial charge is 0.380 e. The van der Waals surface area contributed by atoms with Crippen LogP contribution in [0.25, 0.3) is 10.2 Å². The first-order chi connectivity index (χ1) is 12.6. The van der Waals surface area contributed by atoms with Crippen molar-refractivity contribution in [3.63, 3.8) is 0 Å². The van der Waals surface area contributed by atoms with Gasteiger partial charge in [0.15, 0.2) is 4.80 Å². The summed E-state index contributed by atoms with van der Waals surface area (Å²) < 4.78 is 8.52. The maximum Gasteiger partial charge on any atom is 0.252 e. The Morgan fingerprint density at radius 1 is 1.27 bits per heavy atom. The number of ether oxygens (including phenoxy) is 1. The van der Waals surface area contributed by atoms with Crippen LogP contribution in [0, 0.1) is 6.92 Å². The number of aryl methyl sites for hydroxylation is 1. The number of benzene rings is 2. The summed E-state index contributed by atoms with van der Waals surface area (Å²) in [4.78, 5) is 17.5. The first kappa shape index (κ1) is 18.8. The number of carbonyl (C=O) groups is 1.